The van der Waals surface area contributed by atoms with Crippen LogP contribution in [0, 0.1) is 5.82 Å². The van der Waals surface area contributed by atoms with E-state index in [2.05, 4.69) is 32.1 Å². The highest BCUT2D eigenvalue weighted by Crippen LogP contribution is 2.49. The lowest BCUT2D eigenvalue weighted by Crippen LogP contribution is -2.50. The summed E-state index contributed by atoms with van der Waals surface area (Å²) in [4.78, 5) is 79.8. The summed E-state index contributed by atoms with van der Waals surface area (Å²) in [5.41, 5.74) is 1.33. The predicted octanol–water partition coefficient (Wildman–Crippen LogP) is 13.4. The van der Waals surface area contributed by atoms with Gasteiger partial charge in [-0.05, 0) is 154 Å². The molecule has 4 aliphatic rings. The number of likely N-dealkylation sites (N-methyl/N-ethyl adjacent to an activating group) is 2. The van der Waals surface area contributed by atoms with E-state index in [1.807, 2.05) is 110 Å². The molecule has 6 aromatic rings. The van der Waals surface area contributed by atoms with Crippen LogP contribution in [0.15, 0.2) is 146 Å². The van der Waals surface area contributed by atoms with Gasteiger partial charge in [0.25, 0.3) is 11.8 Å². The minimum absolute atomic E-state index is 0.0273. The number of amides is 5. The molecule has 5 amide bonds. The van der Waals surface area contributed by atoms with Crippen molar-refractivity contribution < 1.29 is 68.9 Å². The van der Waals surface area contributed by atoms with E-state index in [4.69, 9.17) is 14.2 Å². The van der Waals surface area contributed by atoms with Crippen LogP contribution in [0.1, 0.15) is 119 Å². The number of carbonyl (C=O) groups excluding carboxylic acids is 5. The molecule has 6 aromatic carbocycles. The molecule has 3 fully saturated rings. The Morgan fingerprint density at radius 1 is 0.626 bits per heavy atom. The monoisotopic (exact) mass is 1370 g/mol. The Morgan fingerprint density at radius 3 is 1.95 bits per heavy atom. The largest absolute Gasteiger partial charge is 0.446 e. The molecule has 3 saturated heterocycles. The van der Waals surface area contributed by atoms with Crippen LogP contribution < -0.4 is 10.2 Å². The zero-order valence-electron chi connectivity index (χ0n) is 56.7. The number of alkyl halides is 6. The number of para-hydroxylation sites is 1. The third-order valence-electron chi connectivity index (χ3n) is 20.2. The maximum atomic E-state index is 14.3. The average Bonchev–Trinajstić information content (AvgIpc) is 1.61. The van der Waals surface area contributed by atoms with Gasteiger partial charge in [0.15, 0.2) is 0 Å². The van der Waals surface area contributed by atoms with E-state index < -0.39 is 64.6 Å². The van der Waals surface area contributed by atoms with Gasteiger partial charge in [-0.3, -0.25) is 24.5 Å². The average molecular weight is 1380 g/mol. The quantitative estimate of drug-likeness (QED) is 0.0388. The Balaban J connectivity index is 0.603. The Bertz CT molecular complexity index is 3680. The number of unbranched alkanes of at least 4 members (excludes halogenated alkanes) is 3. The Labute approximate surface area is 574 Å². The van der Waals surface area contributed by atoms with Crippen LogP contribution >= 0.6 is 0 Å². The van der Waals surface area contributed by atoms with Crippen molar-refractivity contribution in [3.8, 4) is 11.1 Å². The lowest BCUT2D eigenvalue weighted by atomic mass is 9.72. The van der Waals surface area contributed by atoms with Gasteiger partial charge in [-0.2, -0.15) is 26.3 Å². The molecule has 16 nitrogen and oxygen atoms in total. The minimum Gasteiger partial charge on any atom is -0.446 e. The number of fused-ring (bicyclic) bond motifs is 2. The first-order chi connectivity index (χ1) is 47.4. The second kappa shape index (κ2) is 32.7. The number of anilines is 2. The second-order valence-corrected chi connectivity index (χ2v) is 26.8. The first kappa shape index (κ1) is 73.3. The van der Waals surface area contributed by atoms with Crippen molar-refractivity contribution in [2.45, 2.75) is 113 Å². The van der Waals surface area contributed by atoms with Gasteiger partial charge in [0.05, 0.1) is 29.5 Å². The number of carbonyl (C=O) groups is 5. The number of piperidine rings is 2. The first-order valence-corrected chi connectivity index (χ1v) is 34.2. The predicted molar refractivity (Wildman–Crippen MR) is 364 cm³/mol. The van der Waals surface area contributed by atoms with E-state index in [-0.39, 0.29) is 55.6 Å². The van der Waals surface area contributed by atoms with E-state index in [0.29, 0.717) is 100 Å². The Hall–Kier alpha value is -8.38. The van der Waals surface area contributed by atoms with Crippen molar-refractivity contribution in [3.63, 3.8) is 0 Å². The first-order valence-electron chi connectivity index (χ1n) is 34.2. The van der Waals surface area contributed by atoms with Crippen LogP contribution in [0.2, 0.25) is 0 Å². The van der Waals surface area contributed by atoms with E-state index in [1.54, 1.807) is 23.9 Å². The summed E-state index contributed by atoms with van der Waals surface area (Å²) in [5, 5.41) is 2.94. The molecule has 10 rings (SSSR count). The number of ether oxygens (including phenoxy) is 3. The second-order valence-electron chi connectivity index (χ2n) is 26.8. The molecule has 0 unspecified atom stereocenters. The summed E-state index contributed by atoms with van der Waals surface area (Å²) >= 11 is 0. The van der Waals surface area contributed by atoms with Gasteiger partial charge in [0, 0.05) is 115 Å². The van der Waals surface area contributed by atoms with Gasteiger partial charge in [-0.1, -0.05) is 97.8 Å². The number of benzene rings is 6. The van der Waals surface area contributed by atoms with Crippen molar-refractivity contribution >= 4 is 41.1 Å². The summed E-state index contributed by atoms with van der Waals surface area (Å²) < 4.78 is 116. The molecule has 2 atom stereocenters. The molecule has 3 heterocycles. The maximum Gasteiger partial charge on any atom is 0.416 e. The normalized spacial score (nSPS) is 18.1. The number of nitrogens with zero attached hydrogens (tertiary/aromatic N) is 7. The number of nitrogens with one attached hydrogen (secondary N) is 1. The molecule has 3 aliphatic heterocycles. The minimum atomic E-state index is -5.15. The van der Waals surface area contributed by atoms with Gasteiger partial charge in [-0.15, -0.1) is 0 Å². The summed E-state index contributed by atoms with van der Waals surface area (Å²) in [5.74, 6) is -1.78. The highest BCUT2D eigenvalue weighted by molar-refractivity contribution is 5.95. The van der Waals surface area contributed by atoms with Crippen molar-refractivity contribution in [2.24, 2.45) is 0 Å². The summed E-state index contributed by atoms with van der Waals surface area (Å²) in [6.45, 7) is 5.49. The van der Waals surface area contributed by atoms with Gasteiger partial charge in [0.1, 0.15) is 30.9 Å². The third-order valence-corrected chi connectivity index (χ3v) is 20.2. The highest BCUT2D eigenvalue weighted by atomic mass is 19.4. The van der Waals surface area contributed by atoms with Gasteiger partial charge < -0.3 is 48.5 Å². The zero-order chi connectivity index (χ0) is 70.5. The topological polar surface area (TPSA) is 148 Å². The molecule has 99 heavy (non-hydrogen) atoms. The van der Waals surface area contributed by atoms with Crippen molar-refractivity contribution in [1.82, 2.24) is 29.4 Å². The smallest absolute Gasteiger partial charge is 0.416 e. The molecule has 530 valence electrons. The number of hydrogen-bond acceptors (Lipinski definition) is 11. The molecule has 0 aromatic heterocycles. The fourth-order valence-corrected chi connectivity index (χ4v) is 14.1. The van der Waals surface area contributed by atoms with Crippen LogP contribution in [0.4, 0.5) is 46.9 Å². The van der Waals surface area contributed by atoms with Gasteiger partial charge >= 0.3 is 18.4 Å². The lowest BCUT2D eigenvalue weighted by Gasteiger charge is -2.44. The third kappa shape index (κ3) is 18.7. The molecule has 1 spiro atoms. The highest BCUT2D eigenvalue weighted by Gasteiger charge is 2.50. The van der Waals surface area contributed by atoms with Gasteiger partial charge in [0.2, 0.25) is 11.8 Å². The molecule has 1 aliphatic carbocycles. The summed E-state index contributed by atoms with van der Waals surface area (Å²) in [6, 6.07) is 39.6. The maximum absolute atomic E-state index is 14.3. The molecule has 0 bridgehead atoms. The molecule has 0 saturated carbocycles. The van der Waals surface area contributed by atoms with Crippen molar-refractivity contribution in [1.29, 1.82) is 0 Å². The molecule has 0 radical (unpaired) electrons. The van der Waals surface area contributed by atoms with E-state index >= 15 is 0 Å². The number of halogens is 7. The van der Waals surface area contributed by atoms with Crippen LogP contribution in [-0.2, 0) is 53.6 Å². The van der Waals surface area contributed by atoms with Crippen molar-refractivity contribution in [2.75, 3.05) is 124 Å². The number of rotatable bonds is 27. The van der Waals surface area contributed by atoms with E-state index in [0.717, 1.165) is 92.0 Å². The Kier molecular flexibility index (Phi) is 24.3. The molecule has 1 N–H and O–H groups in total. The molecule has 23 heteroatoms. The lowest BCUT2D eigenvalue weighted by molar-refractivity contribution is -0.143. The van der Waals surface area contributed by atoms with Crippen LogP contribution in [0.25, 0.3) is 11.1 Å². The molecular formula is C76H89F7N8O8. The fraction of sp³-hybridized carbons (Fsp3) is 0.461. The van der Waals surface area contributed by atoms with E-state index in [9.17, 15) is 54.7 Å². The van der Waals surface area contributed by atoms with Gasteiger partial charge in [-0.25, -0.2) is 9.18 Å². The van der Waals surface area contributed by atoms with Crippen LogP contribution in [0.5, 0.6) is 0 Å². The Morgan fingerprint density at radius 2 is 1.25 bits per heavy atom. The van der Waals surface area contributed by atoms with E-state index in [1.165, 1.54) is 29.8 Å². The summed E-state index contributed by atoms with van der Waals surface area (Å²) in [6.07, 6.45) is -2.79. The summed E-state index contributed by atoms with van der Waals surface area (Å²) in [7, 11) is 7.36. The number of likely N-dealkylation sites (tertiary alicyclic amines) is 2. The number of hydrogen-bond donors (Lipinski definition) is 1. The van der Waals surface area contributed by atoms with Crippen molar-refractivity contribution in [3.05, 3.63) is 190 Å². The SMILES string of the molecule is CN(CCN1CCC(OC(=O)Nc2ccccc2-c2ccccc2)CC1)C(=O)CCCCCCN(C)c1ccc(C(=O)N(C)CCCN(C)C(=O)CO[C@H]2Cc3ccccc3C23CCN(CC[C@]2(c4ccc(F)cc4)CN(C(=O)c4cc(C(F)(F)F)cc(C(F)(F)F)c4)CO2)CC3)cc1. The zero-order valence-corrected chi connectivity index (χ0v) is 56.7. The fourth-order valence-electron chi connectivity index (χ4n) is 14.1. The van der Waals surface area contributed by atoms with Crippen LogP contribution in [-0.4, -0.2) is 185 Å². The molecular weight excluding hydrogens is 1290 g/mol. The van der Waals surface area contributed by atoms with Crippen LogP contribution in [0.3, 0.4) is 0 Å². The standard InChI is InChI=1S/C76H89F7N8O8/c1-85(37-15-6-5-10-23-68(92)87(3)45-46-89-40-32-63(33-41-89)99-72(96)84-66-22-14-12-20-64(66)54-17-8-7-9-18-54)62-30-24-55(25-31-62)70(94)88(4)39-16-38-86(2)69(93)51-97-67-49-56-19-11-13-21-65(56)73(67)34-42-90(43-35-73)44-36-74(58-26-28-61(77)29-27-58)52-91(53-98-74)71(95)57-47-59(75(78,79)80)50-60(48-57)76(81,82)83/h7-9,11-14,17-22,24-31,47-48,50,63,67H,5-6,10,15-16,23,32-46,49,51-53H2,1-4H3,(H,84,96)/t67-,74+/m0/s1.